The highest BCUT2D eigenvalue weighted by Gasteiger charge is 2.32. The van der Waals surface area contributed by atoms with E-state index in [-0.39, 0.29) is 18.4 Å². The molecule has 186 valence electrons. The fourth-order valence-electron chi connectivity index (χ4n) is 5.60. The zero-order valence-electron chi connectivity index (χ0n) is 20.8. The summed E-state index contributed by atoms with van der Waals surface area (Å²) in [7, 11) is 0. The molecule has 1 saturated carbocycles. The van der Waals surface area contributed by atoms with Crippen LogP contribution in [0.5, 0.6) is 0 Å². The monoisotopic (exact) mass is 483 g/mol. The van der Waals surface area contributed by atoms with Gasteiger partial charge in [-0.2, -0.15) is 5.10 Å². The van der Waals surface area contributed by atoms with Crippen molar-refractivity contribution in [3.63, 3.8) is 0 Å². The van der Waals surface area contributed by atoms with E-state index in [1.165, 1.54) is 53.4 Å². The SMILES string of the molecule is CCc1nn(C2CCC2)c2cc(N3CCN(C(=O)Cc4nnc[nH]4)C(Cc4ccccc4)C3)ccc12. The van der Waals surface area contributed by atoms with E-state index in [1.807, 2.05) is 11.0 Å². The first-order valence-corrected chi connectivity index (χ1v) is 13.1. The summed E-state index contributed by atoms with van der Waals surface area (Å²) < 4.78 is 2.28. The van der Waals surface area contributed by atoms with Crippen molar-refractivity contribution in [2.24, 2.45) is 0 Å². The molecule has 1 saturated heterocycles. The Hall–Kier alpha value is -3.68. The smallest absolute Gasteiger partial charge is 0.230 e. The summed E-state index contributed by atoms with van der Waals surface area (Å²) in [6.45, 7) is 4.46. The van der Waals surface area contributed by atoms with Crippen LogP contribution in [-0.2, 0) is 24.1 Å². The largest absolute Gasteiger partial charge is 0.368 e. The molecular formula is C28H33N7O. The second-order valence-corrected chi connectivity index (χ2v) is 10.0. The molecule has 0 spiro atoms. The molecular weight excluding hydrogens is 450 g/mol. The maximum Gasteiger partial charge on any atom is 0.230 e. The first-order valence-electron chi connectivity index (χ1n) is 13.1. The molecule has 2 aromatic heterocycles. The minimum Gasteiger partial charge on any atom is -0.368 e. The van der Waals surface area contributed by atoms with Gasteiger partial charge in [0.1, 0.15) is 12.2 Å². The topological polar surface area (TPSA) is 82.9 Å². The van der Waals surface area contributed by atoms with Crippen LogP contribution in [0.3, 0.4) is 0 Å². The Labute approximate surface area is 211 Å². The Morgan fingerprint density at radius 1 is 1.11 bits per heavy atom. The molecule has 2 aromatic carbocycles. The number of rotatable bonds is 7. The van der Waals surface area contributed by atoms with E-state index in [2.05, 4.69) is 74.2 Å². The predicted octanol–water partition coefficient (Wildman–Crippen LogP) is 3.94. The van der Waals surface area contributed by atoms with Crippen LogP contribution >= 0.6 is 0 Å². The molecule has 0 bridgehead atoms. The van der Waals surface area contributed by atoms with Crippen molar-refractivity contribution in [3.8, 4) is 0 Å². The number of nitrogens with one attached hydrogen (secondary N) is 1. The average Bonchev–Trinajstić information content (AvgIpc) is 3.51. The van der Waals surface area contributed by atoms with Gasteiger partial charge in [-0.3, -0.25) is 9.48 Å². The number of fused-ring (bicyclic) bond motifs is 1. The van der Waals surface area contributed by atoms with Gasteiger partial charge in [0.05, 0.1) is 29.7 Å². The van der Waals surface area contributed by atoms with E-state index < -0.39 is 0 Å². The lowest BCUT2D eigenvalue weighted by atomic mass is 9.93. The summed E-state index contributed by atoms with van der Waals surface area (Å²) in [6, 6.07) is 17.9. The van der Waals surface area contributed by atoms with Crippen molar-refractivity contribution < 1.29 is 4.79 Å². The summed E-state index contributed by atoms with van der Waals surface area (Å²) in [6.07, 6.45) is 7.26. The lowest BCUT2D eigenvalue weighted by molar-refractivity contribution is -0.133. The molecule has 1 atom stereocenters. The summed E-state index contributed by atoms with van der Waals surface area (Å²) >= 11 is 0. The third-order valence-corrected chi connectivity index (χ3v) is 7.79. The molecule has 2 aliphatic rings. The van der Waals surface area contributed by atoms with Crippen LogP contribution in [0.1, 0.15) is 49.3 Å². The standard InChI is InChI=1S/C28H33N7O/c1-2-25-24-12-11-22(16-26(24)35(32-25)21-9-6-10-21)33-13-14-34(28(36)17-27-29-19-30-31-27)23(18-33)15-20-7-4-3-5-8-20/h3-5,7-8,11-12,16,19,21,23H,2,6,9-10,13-15,17-18H2,1H3,(H,29,30,31). The van der Waals surface area contributed by atoms with Gasteiger partial charge in [-0.15, -0.1) is 10.2 Å². The third kappa shape index (κ3) is 4.36. The number of H-pyrrole nitrogens is 1. The average molecular weight is 484 g/mol. The number of hydrogen-bond acceptors (Lipinski definition) is 5. The van der Waals surface area contributed by atoms with E-state index in [9.17, 15) is 4.79 Å². The Bertz CT molecular complexity index is 1330. The summed E-state index contributed by atoms with van der Waals surface area (Å²) in [5.74, 6) is 0.709. The first kappa shape index (κ1) is 22.8. The quantitative estimate of drug-likeness (QED) is 0.431. The predicted molar refractivity (Wildman–Crippen MR) is 140 cm³/mol. The maximum absolute atomic E-state index is 13.3. The van der Waals surface area contributed by atoms with Gasteiger partial charge in [-0.1, -0.05) is 37.3 Å². The second-order valence-electron chi connectivity index (χ2n) is 10.0. The Morgan fingerprint density at radius 2 is 1.97 bits per heavy atom. The van der Waals surface area contributed by atoms with Crippen LogP contribution in [0.2, 0.25) is 0 Å². The molecule has 1 aliphatic heterocycles. The zero-order chi connectivity index (χ0) is 24.5. The van der Waals surface area contributed by atoms with Crippen molar-refractivity contribution in [1.82, 2.24) is 29.9 Å². The number of carbonyl (C=O) groups is 1. The van der Waals surface area contributed by atoms with Crippen LogP contribution in [-0.4, -0.2) is 61.4 Å². The van der Waals surface area contributed by atoms with E-state index in [1.54, 1.807) is 0 Å². The molecule has 1 unspecified atom stereocenters. The number of aromatic nitrogens is 5. The van der Waals surface area contributed by atoms with E-state index >= 15 is 0 Å². The van der Waals surface area contributed by atoms with E-state index in [0.29, 0.717) is 18.4 Å². The van der Waals surface area contributed by atoms with Gasteiger partial charge in [-0.25, -0.2) is 0 Å². The minimum atomic E-state index is 0.0787. The molecule has 1 aliphatic carbocycles. The Balaban J connectivity index is 1.28. The maximum atomic E-state index is 13.3. The number of benzene rings is 2. The molecule has 3 heterocycles. The lowest BCUT2D eigenvalue weighted by Gasteiger charge is -2.42. The van der Waals surface area contributed by atoms with Crippen LogP contribution in [0.25, 0.3) is 10.9 Å². The number of anilines is 1. The highest BCUT2D eigenvalue weighted by molar-refractivity contribution is 5.86. The fraction of sp³-hybridized carbons (Fsp3) is 0.429. The molecule has 6 rings (SSSR count). The van der Waals surface area contributed by atoms with Crippen LogP contribution < -0.4 is 4.90 Å². The van der Waals surface area contributed by atoms with Crippen molar-refractivity contribution in [2.75, 3.05) is 24.5 Å². The van der Waals surface area contributed by atoms with Gasteiger partial charge in [0.2, 0.25) is 5.91 Å². The zero-order valence-corrected chi connectivity index (χ0v) is 20.8. The molecule has 36 heavy (non-hydrogen) atoms. The number of amides is 1. The Morgan fingerprint density at radius 3 is 2.69 bits per heavy atom. The second kappa shape index (κ2) is 9.76. The van der Waals surface area contributed by atoms with Gasteiger partial charge in [0.15, 0.2) is 0 Å². The lowest BCUT2D eigenvalue weighted by Crippen LogP contribution is -2.56. The minimum absolute atomic E-state index is 0.0787. The van der Waals surface area contributed by atoms with Crippen LogP contribution in [0.4, 0.5) is 5.69 Å². The van der Waals surface area contributed by atoms with Gasteiger partial charge in [-0.05, 0) is 55.9 Å². The van der Waals surface area contributed by atoms with Gasteiger partial charge in [0, 0.05) is 30.7 Å². The van der Waals surface area contributed by atoms with Crippen molar-refractivity contribution in [3.05, 3.63) is 71.9 Å². The fourth-order valence-corrected chi connectivity index (χ4v) is 5.60. The summed E-state index contributed by atoms with van der Waals surface area (Å²) in [4.78, 5) is 20.7. The molecule has 1 amide bonds. The summed E-state index contributed by atoms with van der Waals surface area (Å²) in [5, 5.41) is 14.1. The molecule has 2 fully saturated rings. The van der Waals surface area contributed by atoms with Crippen molar-refractivity contribution in [1.29, 1.82) is 0 Å². The first-order chi connectivity index (χ1) is 17.7. The Kier molecular flexibility index (Phi) is 6.17. The third-order valence-electron chi connectivity index (χ3n) is 7.79. The molecule has 8 nitrogen and oxygen atoms in total. The molecule has 0 radical (unpaired) electrons. The van der Waals surface area contributed by atoms with Crippen LogP contribution in [0, 0.1) is 0 Å². The highest BCUT2D eigenvalue weighted by Crippen LogP contribution is 2.36. The molecule has 8 heteroatoms. The van der Waals surface area contributed by atoms with Gasteiger partial charge in [0.25, 0.3) is 0 Å². The van der Waals surface area contributed by atoms with Crippen LogP contribution in [0.15, 0.2) is 54.9 Å². The van der Waals surface area contributed by atoms with Gasteiger partial charge < -0.3 is 14.8 Å². The van der Waals surface area contributed by atoms with Gasteiger partial charge >= 0.3 is 0 Å². The normalized spacial score (nSPS) is 18.5. The molecule has 4 aromatic rings. The van der Waals surface area contributed by atoms with E-state index in [4.69, 9.17) is 5.10 Å². The number of aromatic amines is 1. The molecule has 1 N–H and O–H groups in total. The number of nitrogens with zero attached hydrogens (tertiary/aromatic N) is 6. The number of aryl methyl sites for hydroxylation is 1. The highest BCUT2D eigenvalue weighted by atomic mass is 16.2. The van der Waals surface area contributed by atoms with E-state index in [0.717, 1.165) is 25.9 Å². The van der Waals surface area contributed by atoms with Crippen molar-refractivity contribution >= 4 is 22.5 Å². The number of hydrogen-bond donors (Lipinski definition) is 1. The number of piperazine rings is 1. The number of carbonyl (C=O) groups excluding carboxylic acids is 1. The summed E-state index contributed by atoms with van der Waals surface area (Å²) in [5.41, 5.74) is 4.89. The van der Waals surface area contributed by atoms with Crippen molar-refractivity contribution in [2.45, 2.75) is 57.5 Å².